The maximum atomic E-state index is 13.1. The first-order chi connectivity index (χ1) is 13.7. The van der Waals surface area contributed by atoms with E-state index in [4.69, 9.17) is 5.73 Å². The molecule has 1 amide bonds. The quantitative estimate of drug-likeness (QED) is 0.746. The number of amides is 1. The minimum Gasteiger partial charge on any atom is -0.382 e. The van der Waals surface area contributed by atoms with Crippen LogP contribution in [0.2, 0.25) is 0 Å². The molecule has 0 bridgehead atoms. The lowest BCUT2D eigenvalue weighted by Gasteiger charge is -2.22. The van der Waals surface area contributed by atoms with Crippen LogP contribution in [0, 0.1) is 0 Å². The average molecular weight is 375 g/mol. The van der Waals surface area contributed by atoms with Crippen molar-refractivity contribution in [3.8, 4) is 11.3 Å². The number of carbonyl (C=O) groups excluding carboxylic acids is 1. The highest BCUT2D eigenvalue weighted by Crippen LogP contribution is 2.20. The smallest absolute Gasteiger partial charge is 0.253 e. The number of rotatable bonds is 3. The van der Waals surface area contributed by atoms with Gasteiger partial charge in [0.05, 0.1) is 18.1 Å². The predicted molar refractivity (Wildman–Crippen MR) is 107 cm³/mol. The molecule has 3 heterocycles. The second-order valence-electron chi connectivity index (χ2n) is 6.59. The SMILES string of the molecule is Nc1cncc(-c2cccc(C(=O)N3CCCN(c4ncccn4)CC3)c2)n1. The summed E-state index contributed by atoms with van der Waals surface area (Å²) in [6.45, 7) is 2.85. The first-order valence-electron chi connectivity index (χ1n) is 9.20. The third kappa shape index (κ3) is 3.90. The minimum atomic E-state index is 0.00884. The maximum absolute atomic E-state index is 13.1. The average Bonchev–Trinajstić information content (AvgIpc) is 3.00. The van der Waals surface area contributed by atoms with Crippen LogP contribution in [-0.4, -0.2) is 56.9 Å². The van der Waals surface area contributed by atoms with Crippen LogP contribution in [0.15, 0.2) is 55.1 Å². The number of aromatic nitrogens is 4. The number of nitrogens with zero attached hydrogens (tertiary/aromatic N) is 6. The number of carbonyl (C=O) groups is 1. The molecule has 8 heteroatoms. The van der Waals surface area contributed by atoms with Gasteiger partial charge in [-0.05, 0) is 24.6 Å². The van der Waals surface area contributed by atoms with E-state index >= 15 is 0 Å². The lowest BCUT2D eigenvalue weighted by atomic mass is 10.1. The first-order valence-corrected chi connectivity index (χ1v) is 9.20. The third-order valence-corrected chi connectivity index (χ3v) is 4.68. The van der Waals surface area contributed by atoms with Crippen LogP contribution in [0.25, 0.3) is 11.3 Å². The molecule has 1 aliphatic heterocycles. The molecule has 1 aromatic carbocycles. The molecular formula is C20H21N7O. The lowest BCUT2D eigenvalue weighted by Crippen LogP contribution is -2.35. The van der Waals surface area contributed by atoms with Gasteiger partial charge in [-0.25, -0.2) is 15.0 Å². The fourth-order valence-corrected chi connectivity index (χ4v) is 3.29. The third-order valence-electron chi connectivity index (χ3n) is 4.68. The van der Waals surface area contributed by atoms with Gasteiger partial charge >= 0.3 is 0 Å². The summed E-state index contributed by atoms with van der Waals surface area (Å²) in [5.41, 5.74) is 7.83. The zero-order valence-electron chi connectivity index (χ0n) is 15.4. The zero-order valence-corrected chi connectivity index (χ0v) is 15.4. The van der Waals surface area contributed by atoms with E-state index in [0.717, 1.165) is 18.5 Å². The van der Waals surface area contributed by atoms with E-state index in [-0.39, 0.29) is 5.91 Å². The Bertz CT molecular complexity index is 964. The van der Waals surface area contributed by atoms with Gasteiger partial charge in [-0.2, -0.15) is 0 Å². The van der Waals surface area contributed by atoms with Crippen molar-refractivity contribution in [2.75, 3.05) is 36.8 Å². The van der Waals surface area contributed by atoms with Gasteiger partial charge in [0, 0.05) is 49.7 Å². The van der Waals surface area contributed by atoms with Gasteiger partial charge in [0.2, 0.25) is 5.95 Å². The van der Waals surface area contributed by atoms with E-state index in [0.29, 0.717) is 42.7 Å². The molecule has 142 valence electrons. The number of anilines is 2. The summed E-state index contributed by atoms with van der Waals surface area (Å²) in [5.74, 6) is 1.07. The second-order valence-corrected chi connectivity index (χ2v) is 6.59. The predicted octanol–water partition coefficient (Wildman–Crippen LogP) is 1.87. The van der Waals surface area contributed by atoms with Crippen molar-refractivity contribution in [1.82, 2.24) is 24.8 Å². The van der Waals surface area contributed by atoms with Crippen molar-refractivity contribution < 1.29 is 4.79 Å². The summed E-state index contributed by atoms with van der Waals surface area (Å²) in [6.07, 6.45) is 7.48. The highest BCUT2D eigenvalue weighted by molar-refractivity contribution is 5.95. The number of hydrogen-bond acceptors (Lipinski definition) is 7. The van der Waals surface area contributed by atoms with Crippen molar-refractivity contribution in [3.05, 3.63) is 60.7 Å². The van der Waals surface area contributed by atoms with Gasteiger partial charge in [-0.15, -0.1) is 0 Å². The normalized spacial score (nSPS) is 14.6. The summed E-state index contributed by atoms with van der Waals surface area (Å²) in [7, 11) is 0. The van der Waals surface area contributed by atoms with E-state index in [9.17, 15) is 4.79 Å². The Morgan fingerprint density at radius 2 is 1.86 bits per heavy atom. The van der Waals surface area contributed by atoms with Crippen molar-refractivity contribution in [1.29, 1.82) is 0 Å². The zero-order chi connectivity index (χ0) is 19.3. The van der Waals surface area contributed by atoms with E-state index < -0.39 is 0 Å². The van der Waals surface area contributed by atoms with Gasteiger partial charge in [0.25, 0.3) is 5.91 Å². The van der Waals surface area contributed by atoms with E-state index in [1.807, 2.05) is 29.2 Å². The van der Waals surface area contributed by atoms with E-state index in [2.05, 4.69) is 24.8 Å². The van der Waals surface area contributed by atoms with Crippen LogP contribution in [0.5, 0.6) is 0 Å². The molecule has 1 saturated heterocycles. The van der Waals surface area contributed by atoms with Gasteiger partial charge in [0.1, 0.15) is 5.82 Å². The molecule has 0 radical (unpaired) electrons. The van der Waals surface area contributed by atoms with Crippen LogP contribution in [-0.2, 0) is 0 Å². The topological polar surface area (TPSA) is 101 Å². The van der Waals surface area contributed by atoms with Crippen molar-refractivity contribution >= 4 is 17.7 Å². The molecule has 1 aliphatic rings. The Balaban J connectivity index is 1.49. The summed E-state index contributed by atoms with van der Waals surface area (Å²) in [5, 5.41) is 0. The fourth-order valence-electron chi connectivity index (χ4n) is 3.29. The molecule has 3 aromatic rings. The van der Waals surface area contributed by atoms with Gasteiger partial charge in [-0.3, -0.25) is 9.78 Å². The van der Waals surface area contributed by atoms with E-state index in [1.54, 1.807) is 24.7 Å². The lowest BCUT2D eigenvalue weighted by molar-refractivity contribution is 0.0767. The number of hydrogen-bond donors (Lipinski definition) is 1. The van der Waals surface area contributed by atoms with Crippen molar-refractivity contribution in [3.63, 3.8) is 0 Å². The van der Waals surface area contributed by atoms with Gasteiger partial charge in [-0.1, -0.05) is 12.1 Å². The second kappa shape index (κ2) is 7.99. The van der Waals surface area contributed by atoms with Crippen molar-refractivity contribution in [2.24, 2.45) is 0 Å². The Morgan fingerprint density at radius 1 is 1.00 bits per heavy atom. The molecule has 0 saturated carbocycles. The van der Waals surface area contributed by atoms with Crippen molar-refractivity contribution in [2.45, 2.75) is 6.42 Å². The van der Waals surface area contributed by atoms with Crippen LogP contribution in [0.4, 0.5) is 11.8 Å². The molecule has 2 N–H and O–H groups in total. The molecular weight excluding hydrogens is 354 g/mol. The minimum absolute atomic E-state index is 0.00884. The summed E-state index contributed by atoms with van der Waals surface area (Å²) in [4.78, 5) is 34.0. The van der Waals surface area contributed by atoms with Gasteiger partial charge < -0.3 is 15.5 Å². The molecule has 28 heavy (non-hydrogen) atoms. The monoisotopic (exact) mass is 375 g/mol. The molecule has 8 nitrogen and oxygen atoms in total. The Morgan fingerprint density at radius 3 is 2.68 bits per heavy atom. The highest BCUT2D eigenvalue weighted by atomic mass is 16.2. The summed E-state index contributed by atoms with van der Waals surface area (Å²) >= 11 is 0. The number of nitrogen functional groups attached to an aromatic ring is 1. The largest absolute Gasteiger partial charge is 0.382 e. The Kier molecular flexibility index (Phi) is 5.09. The molecule has 4 rings (SSSR count). The Hall–Kier alpha value is -3.55. The van der Waals surface area contributed by atoms with Crippen LogP contribution in [0.1, 0.15) is 16.8 Å². The van der Waals surface area contributed by atoms with Crippen LogP contribution < -0.4 is 10.6 Å². The molecule has 0 spiro atoms. The molecule has 2 aromatic heterocycles. The number of nitrogens with two attached hydrogens (primary N) is 1. The van der Waals surface area contributed by atoms with E-state index in [1.165, 1.54) is 6.20 Å². The van der Waals surface area contributed by atoms with Crippen LogP contribution >= 0.6 is 0 Å². The number of benzene rings is 1. The standard InChI is InChI=1S/C20H21N7O/c21-18-14-22-13-17(25-18)15-4-1-5-16(12-15)19(28)26-8-3-9-27(11-10-26)20-23-6-2-7-24-20/h1-2,4-7,12-14H,3,8-11H2,(H2,21,25). The highest BCUT2D eigenvalue weighted by Gasteiger charge is 2.21. The summed E-state index contributed by atoms with van der Waals surface area (Å²) < 4.78 is 0. The molecule has 1 fully saturated rings. The molecule has 0 atom stereocenters. The molecule has 0 unspecified atom stereocenters. The summed E-state index contributed by atoms with van der Waals surface area (Å²) in [6, 6.07) is 9.23. The fraction of sp³-hybridized carbons (Fsp3) is 0.250. The maximum Gasteiger partial charge on any atom is 0.253 e. The first kappa shape index (κ1) is 17.8. The van der Waals surface area contributed by atoms with Gasteiger partial charge in [0.15, 0.2) is 0 Å². The Labute approximate surface area is 163 Å². The van der Waals surface area contributed by atoms with Crippen LogP contribution in [0.3, 0.4) is 0 Å². The molecule has 0 aliphatic carbocycles.